The predicted octanol–water partition coefficient (Wildman–Crippen LogP) is 4.70. The first-order valence-electron chi connectivity index (χ1n) is 10.8. The highest BCUT2D eigenvalue weighted by atomic mass is 35.5. The van der Waals surface area contributed by atoms with E-state index in [9.17, 15) is 15.0 Å². The van der Waals surface area contributed by atoms with Gasteiger partial charge in [-0.2, -0.15) is 0 Å². The summed E-state index contributed by atoms with van der Waals surface area (Å²) in [6.07, 6.45) is 5.20. The summed E-state index contributed by atoms with van der Waals surface area (Å²) in [6.45, 7) is 2.47. The second-order valence-electron chi connectivity index (χ2n) is 8.52. The van der Waals surface area contributed by atoms with Gasteiger partial charge in [0, 0.05) is 59.8 Å². The van der Waals surface area contributed by atoms with Crippen molar-refractivity contribution in [2.45, 2.75) is 25.5 Å². The Labute approximate surface area is 198 Å². The van der Waals surface area contributed by atoms with E-state index in [-0.39, 0.29) is 10.5 Å². The number of carbonyl (C=O) groups is 1. The zero-order valence-corrected chi connectivity index (χ0v) is 19.3. The van der Waals surface area contributed by atoms with Crippen molar-refractivity contribution in [3.63, 3.8) is 0 Å². The minimum Gasteiger partial charge on any atom is -0.474 e. The molecule has 7 heteroatoms. The second-order valence-corrected chi connectivity index (χ2v) is 8.96. The fraction of sp³-hybridized carbons (Fsp3) is 0.231. The molecule has 1 aliphatic rings. The smallest absolute Gasteiger partial charge is 0.391 e. The maximum Gasteiger partial charge on any atom is 0.391 e. The molecule has 2 heterocycles. The predicted molar refractivity (Wildman–Crippen MR) is 131 cm³/mol. The number of aromatic nitrogens is 1. The molecule has 0 fully saturated rings. The van der Waals surface area contributed by atoms with Crippen LogP contribution in [-0.4, -0.2) is 40.8 Å². The van der Waals surface area contributed by atoms with Gasteiger partial charge < -0.3 is 15.5 Å². The van der Waals surface area contributed by atoms with Gasteiger partial charge in [-0.15, -0.1) is 0 Å². The van der Waals surface area contributed by atoms with Gasteiger partial charge in [0.15, 0.2) is 5.69 Å². The molecule has 0 aliphatic carbocycles. The molecule has 4 rings (SSSR count). The van der Waals surface area contributed by atoms with Crippen LogP contribution in [0.15, 0.2) is 72.7 Å². The average molecular weight is 465 g/mol. The Balaban J connectivity index is 1.49. The molecule has 0 saturated heterocycles. The number of likely N-dealkylation sites (N-methyl/N-ethyl adjacent to an activating group) is 1. The van der Waals surface area contributed by atoms with Crippen molar-refractivity contribution in [1.29, 1.82) is 0 Å². The third-order valence-electron chi connectivity index (χ3n) is 6.18. The van der Waals surface area contributed by atoms with Crippen molar-refractivity contribution in [2.75, 3.05) is 13.6 Å². The van der Waals surface area contributed by atoms with Crippen molar-refractivity contribution in [2.24, 2.45) is 0 Å². The normalized spacial score (nSPS) is 19.0. The average Bonchev–Trinajstić information content (AvgIpc) is 3.11. The maximum atomic E-state index is 12.1. The number of fused-ring (bicyclic) bond motifs is 1. The first kappa shape index (κ1) is 23.1. The Morgan fingerprint density at radius 3 is 2.61 bits per heavy atom. The van der Waals surface area contributed by atoms with Gasteiger partial charge in [0.25, 0.3) is 0 Å². The van der Waals surface area contributed by atoms with Gasteiger partial charge in [-0.1, -0.05) is 29.8 Å². The molecule has 0 spiro atoms. The van der Waals surface area contributed by atoms with Crippen LogP contribution in [0.2, 0.25) is 5.02 Å². The molecule has 3 N–H and O–H groups in total. The lowest BCUT2D eigenvalue weighted by Crippen LogP contribution is -2.39. The third-order valence-corrected chi connectivity index (χ3v) is 6.42. The monoisotopic (exact) mass is 464 g/mol. The second kappa shape index (κ2) is 9.45. The van der Waals surface area contributed by atoms with E-state index in [0.717, 1.165) is 34.5 Å². The molecule has 33 heavy (non-hydrogen) atoms. The molecule has 0 saturated carbocycles. The van der Waals surface area contributed by atoms with Crippen LogP contribution >= 0.6 is 11.6 Å². The molecule has 3 atom stereocenters. The number of aliphatic hydroxyl groups excluding tert-OH is 1. The van der Waals surface area contributed by atoms with Gasteiger partial charge in [-0.3, -0.25) is 4.98 Å². The first-order valence-corrected chi connectivity index (χ1v) is 11.2. The van der Waals surface area contributed by atoms with Crippen LogP contribution in [0, 0.1) is 0 Å². The zero-order chi connectivity index (χ0) is 23.6. The van der Waals surface area contributed by atoms with Gasteiger partial charge in [-0.25, -0.2) is 9.28 Å². The fourth-order valence-electron chi connectivity index (χ4n) is 4.40. The number of nitrogens with one attached hydrogen (secondary N) is 1. The summed E-state index contributed by atoms with van der Waals surface area (Å²) < 4.78 is 0.0904. The minimum atomic E-state index is -0.947. The van der Waals surface area contributed by atoms with Crippen molar-refractivity contribution in [3.8, 4) is 0 Å². The zero-order valence-electron chi connectivity index (χ0n) is 18.6. The third kappa shape index (κ3) is 4.70. The van der Waals surface area contributed by atoms with Crippen LogP contribution in [0.5, 0.6) is 0 Å². The number of aliphatic hydroxyl groups is 1. The Hall–Kier alpha value is -3.03. The van der Waals surface area contributed by atoms with Crippen LogP contribution in [-0.2, 0) is 11.2 Å². The van der Waals surface area contributed by atoms with Gasteiger partial charge in [0.05, 0.1) is 13.2 Å². The molecule has 1 aliphatic heterocycles. The lowest BCUT2D eigenvalue weighted by atomic mass is 10.0. The maximum absolute atomic E-state index is 12.1. The lowest BCUT2D eigenvalue weighted by molar-refractivity contribution is -0.133. The number of halogens is 1. The molecule has 1 aromatic heterocycles. The highest BCUT2D eigenvalue weighted by Crippen LogP contribution is 2.45. The van der Waals surface area contributed by atoms with Crippen LogP contribution in [0.1, 0.15) is 29.7 Å². The van der Waals surface area contributed by atoms with E-state index in [2.05, 4.69) is 23.3 Å². The minimum absolute atomic E-state index is 0.0904. The molecule has 170 valence electrons. The summed E-state index contributed by atoms with van der Waals surface area (Å²) >= 11 is 6.02. The summed E-state index contributed by atoms with van der Waals surface area (Å²) in [5.74, 6) is -0.947. The van der Waals surface area contributed by atoms with Gasteiger partial charge in [0.1, 0.15) is 5.69 Å². The fourth-order valence-corrected chi connectivity index (χ4v) is 4.60. The van der Waals surface area contributed by atoms with Crippen LogP contribution < -0.4 is 9.80 Å². The number of carboxylic acid groups (broad SMARTS) is 1. The summed E-state index contributed by atoms with van der Waals surface area (Å²) in [4.78, 5) is 16.1. The van der Waals surface area contributed by atoms with Crippen molar-refractivity contribution in [3.05, 3.63) is 94.4 Å². The van der Waals surface area contributed by atoms with Crippen LogP contribution in [0.4, 0.5) is 11.4 Å². The SMILES string of the molecule is C[C@H](Cc1ccc2c(c1)C=C(C(=O)O)[N+]2(C)c1ccncc1)NC[C@H](O)c1cccc(Cl)c1. The van der Waals surface area contributed by atoms with E-state index >= 15 is 0 Å². The number of aliphatic carboxylic acids is 1. The standard InChI is InChI=1S/C26H26ClN3O3/c1-17(29-16-25(31)19-4-3-5-21(27)14-19)12-18-6-7-23-20(13-18)15-24(26(32)33)30(23,2)22-8-10-28-11-9-22/h3-11,13-15,17,25,29,31H,12,16H2,1-2H3/p+1/t17-,25+,30?/m1/s1. The Morgan fingerprint density at radius 1 is 1.15 bits per heavy atom. The lowest BCUT2D eigenvalue weighted by Gasteiger charge is -2.30. The highest BCUT2D eigenvalue weighted by Gasteiger charge is 2.44. The summed E-state index contributed by atoms with van der Waals surface area (Å²) in [5.41, 5.74) is 4.82. The summed E-state index contributed by atoms with van der Waals surface area (Å²) in [5, 5.41) is 24.3. The van der Waals surface area contributed by atoms with E-state index in [1.807, 2.05) is 43.4 Å². The number of hydrogen-bond acceptors (Lipinski definition) is 4. The van der Waals surface area contributed by atoms with Gasteiger partial charge >= 0.3 is 5.97 Å². The number of benzene rings is 2. The topological polar surface area (TPSA) is 82.5 Å². The molecule has 6 nitrogen and oxygen atoms in total. The molecular weight excluding hydrogens is 438 g/mol. The van der Waals surface area contributed by atoms with Crippen LogP contribution in [0.3, 0.4) is 0 Å². The largest absolute Gasteiger partial charge is 0.474 e. The Bertz CT molecular complexity index is 1200. The van der Waals surface area contributed by atoms with E-state index in [4.69, 9.17) is 11.6 Å². The number of rotatable bonds is 8. The number of hydrogen-bond donors (Lipinski definition) is 3. The molecule has 1 unspecified atom stereocenters. The van der Waals surface area contributed by atoms with Gasteiger partial charge in [0.2, 0.25) is 5.70 Å². The van der Waals surface area contributed by atoms with Crippen molar-refractivity contribution in [1.82, 2.24) is 14.8 Å². The van der Waals surface area contributed by atoms with Crippen LogP contribution in [0.25, 0.3) is 6.08 Å². The van der Waals surface area contributed by atoms with E-state index in [1.165, 1.54) is 0 Å². The van der Waals surface area contributed by atoms with Crippen molar-refractivity contribution < 1.29 is 15.0 Å². The highest BCUT2D eigenvalue weighted by molar-refractivity contribution is 6.30. The number of carboxylic acids is 1. The molecule has 2 aromatic carbocycles. The van der Waals surface area contributed by atoms with E-state index < -0.39 is 12.1 Å². The quantitative estimate of drug-likeness (QED) is 0.421. The molecule has 0 radical (unpaired) electrons. The molecule has 3 aromatic rings. The number of nitrogens with zero attached hydrogens (tertiary/aromatic N) is 2. The van der Waals surface area contributed by atoms with E-state index in [0.29, 0.717) is 17.3 Å². The number of quaternary nitrogens is 1. The van der Waals surface area contributed by atoms with E-state index in [1.54, 1.807) is 30.6 Å². The summed E-state index contributed by atoms with van der Waals surface area (Å²) in [7, 11) is 1.89. The molecular formula is C26H27ClN3O3+. The molecule has 0 bridgehead atoms. The van der Waals surface area contributed by atoms with Crippen molar-refractivity contribution >= 4 is 35.0 Å². The Morgan fingerprint density at radius 2 is 1.91 bits per heavy atom. The first-order chi connectivity index (χ1) is 15.8. The summed E-state index contributed by atoms with van der Waals surface area (Å²) in [6, 6.07) is 17.1. The molecule has 0 amide bonds. The Kier molecular flexibility index (Phi) is 6.63. The van der Waals surface area contributed by atoms with Gasteiger partial charge in [-0.05, 0) is 42.7 Å². The number of pyridine rings is 1.